The predicted octanol–water partition coefficient (Wildman–Crippen LogP) is 2.96. The summed E-state index contributed by atoms with van der Waals surface area (Å²) in [6.07, 6.45) is 6.89. The molecule has 0 unspecified atom stereocenters. The van der Waals surface area contributed by atoms with E-state index in [1.165, 1.54) is 0 Å². The van der Waals surface area contributed by atoms with Gasteiger partial charge in [0.05, 0.1) is 12.9 Å². The van der Waals surface area contributed by atoms with E-state index in [0.717, 1.165) is 24.0 Å². The van der Waals surface area contributed by atoms with Crippen LogP contribution in [0.4, 0.5) is 16.6 Å². The highest BCUT2D eigenvalue weighted by Crippen LogP contribution is 2.26. The lowest BCUT2D eigenvalue weighted by molar-refractivity contribution is -0.125. The molecule has 39 heavy (non-hydrogen) atoms. The van der Waals surface area contributed by atoms with E-state index in [9.17, 15) is 9.59 Å². The van der Waals surface area contributed by atoms with Crippen LogP contribution in [-0.2, 0) is 9.53 Å². The Balaban J connectivity index is 1.30. The SMILES string of the molecule is CC(C)Nc1nc(NC2CCN(C(=O)O[C@H]3CCN(C(=O)/C=C/CN(C)C)C3)CC2)c2ncn(C(C)C)c2n1. The van der Waals surface area contributed by atoms with Crippen LogP contribution < -0.4 is 10.6 Å². The maximum absolute atomic E-state index is 12.8. The number of nitrogens with one attached hydrogen (secondary N) is 2. The van der Waals surface area contributed by atoms with Gasteiger partial charge in [-0.3, -0.25) is 4.79 Å². The normalized spacial score (nSPS) is 18.7. The van der Waals surface area contributed by atoms with Crippen LogP contribution in [0.2, 0.25) is 0 Å². The van der Waals surface area contributed by atoms with Gasteiger partial charge in [-0.05, 0) is 54.6 Å². The van der Waals surface area contributed by atoms with Gasteiger partial charge in [0.15, 0.2) is 17.0 Å². The highest BCUT2D eigenvalue weighted by molar-refractivity contribution is 5.88. The number of ether oxygens (including phenoxy) is 1. The molecule has 4 heterocycles. The van der Waals surface area contributed by atoms with E-state index >= 15 is 0 Å². The Hall–Kier alpha value is -3.41. The lowest BCUT2D eigenvalue weighted by atomic mass is 10.1. The summed E-state index contributed by atoms with van der Waals surface area (Å²) in [4.78, 5) is 44.8. The molecule has 214 valence electrons. The molecule has 0 spiro atoms. The maximum atomic E-state index is 12.8. The van der Waals surface area contributed by atoms with Crippen molar-refractivity contribution in [3.63, 3.8) is 0 Å². The lowest BCUT2D eigenvalue weighted by Crippen LogP contribution is -2.44. The molecule has 2 N–H and O–H groups in total. The molecular formula is C27H43N9O3. The summed E-state index contributed by atoms with van der Waals surface area (Å²) in [5.74, 6) is 1.24. The summed E-state index contributed by atoms with van der Waals surface area (Å²) in [6.45, 7) is 11.2. The van der Waals surface area contributed by atoms with Crippen molar-refractivity contribution in [1.82, 2.24) is 34.2 Å². The van der Waals surface area contributed by atoms with Crippen molar-refractivity contribution < 1.29 is 14.3 Å². The molecule has 2 saturated heterocycles. The zero-order chi connectivity index (χ0) is 28.1. The van der Waals surface area contributed by atoms with Crippen molar-refractivity contribution in [2.75, 3.05) is 57.5 Å². The van der Waals surface area contributed by atoms with Crippen LogP contribution in [0, 0.1) is 0 Å². The van der Waals surface area contributed by atoms with E-state index in [2.05, 4.69) is 43.3 Å². The predicted molar refractivity (Wildman–Crippen MR) is 152 cm³/mol. The summed E-state index contributed by atoms with van der Waals surface area (Å²) in [7, 11) is 3.91. The largest absolute Gasteiger partial charge is 0.444 e. The zero-order valence-corrected chi connectivity index (χ0v) is 24.1. The first-order valence-corrected chi connectivity index (χ1v) is 13.9. The zero-order valence-electron chi connectivity index (χ0n) is 24.1. The number of nitrogens with zero attached hydrogens (tertiary/aromatic N) is 7. The first-order chi connectivity index (χ1) is 18.6. The fraction of sp³-hybridized carbons (Fsp3) is 0.667. The smallest absolute Gasteiger partial charge is 0.410 e. The van der Waals surface area contributed by atoms with Crippen LogP contribution in [0.1, 0.15) is 53.0 Å². The van der Waals surface area contributed by atoms with E-state index in [1.54, 1.807) is 15.9 Å². The number of hydrogen-bond acceptors (Lipinski definition) is 9. The van der Waals surface area contributed by atoms with Gasteiger partial charge in [-0.1, -0.05) is 6.08 Å². The second-order valence-electron chi connectivity index (χ2n) is 11.3. The van der Waals surface area contributed by atoms with Gasteiger partial charge in [-0.25, -0.2) is 9.78 Å². The van der Waals surface area contributed by atoms with Gasteiger partial charge in [0.1, 0.15) is 6.10 Å². The Morgan fingerprint density at radius 3 is 2.49 bits per heavy atom. The minimum atomic E-state index is -0.306. The van der Waals surface area contributed by atoms with Gasteiger partial charge < -0.3 is 34.6 Å². The van der Waals surface area contributed by atoms with Crippen molar-refractivity contribution in [3.05, 3.63) is 18.5 Å². The Morgan fingerprint density at radius 1 is 1.10 bits per heavy atom. The van der Waals surface area contributed by atoms with Gasteiger partial charge in [-0.2, -0.15) is 9.97 Å². The van der Waals surface area contributed by atoms with E-state index < -0.39 is 0 Å². The number of amides is 2. The Labute approximate surface area is 230 Å². The van der Waals surface area contributed by atoms with Crippen molar-refractivity contribution in [2.45, 2.75) is 71.2 Å². The summed E-state index contributed by atoms with van der Waals surface area (Å²) in [6, 6.07) is 0.574. The molecule has 2 aliphatic rings. The molecule has 2 aliphatic heterocycles. The summed E-state index contributed by atoms with van der Waals surface area (Å²) >= 11 is 0. The van der Waals surface area contributed by atoms with Gasteiger partial charge in [0.25, 0.3) is 0 Å². The van der Waals surface area contributed by atoms with E-state index in [0.29, 0.717) is 50.9 Å². The minimum absolute atomic E-state index is 0.0360. The molecule has 1 atom stereocenters. The number of piperidine rings is 1. The van der Waals surface area contributed by atoms with Gasteiger partial charge >= 0.3 is 6.09 Å². The maximum Gasteiger partial charge on any atom is 0.410 e. The fourth-order valence-corrected chi connectivity index (χ4v) is 4.83. The number of rotatable bonds is 9. The third-order valence-electron chi connectivity index (χ3n) is 6.94. The summed E-state index contributed by atoms with van der Waals surface area (Å²) < 4.78 is 7.81. The monoisotopic (exact) mass is 541 g/mol. The van der Waals surface area contributed by atoms with Crippen LogP contribution in [-0.4, -0.2) is 111 Å². The van der Waals surface area contributed by atoms with Gasteiger partial charge in [0, 0.05) is 56.8 Å². The van der Waals surface area contributed by atoms with Gasteiger partial charge in [-0.15, -0.1) is 0 Å². The fourth-order valence-electron chi connectivity index (χ4n) is 4.83. The number of hydrogen-bond donors (Lipinski definition) is 2. The van der Waals surface area contributed by atoms with Crippen molar-refractivity contribution in [1.29, 1.82) is 0 Å². The molecule has 2 fully saturated rings. The third-order valence-corrected chi connectivity index (χ3v) is 6.94. The first kappa shape index (κ1) is 28.6. The molecule has 0 bridgehead atoms. The molecule has 12 heteroatoms. The Kier molecular flexibility index (Phi) is 9.26. The minimum Gasteiger partial charge on any atom is -0.444 e. The Morgan fingerprint density at radius 2 is 1.82 bits per heavy atom. The van der Waals surface area contributed by atoms with Crippen LogP contribution in [0.15, 0.2) is 18.5 Å². The number of imidazole rings is 1. The third kappa shape index (κ3) is 7.37. The quantitative estimate of drug-likeness (QED) is 0.462. The molecule has 12 nitrogen and oxygen atoms in total. The van der Waals surface area contributed by atoms with Crippen molar-refractivity contribution >= 4 is 34.9 Å². The molecule has 2 amide bonds. The molecule has 0 radical (unpaired) electrons. The Bertz CT molecular complexity index is 1170. The van der Waals surface area contributed by atoms with Gasteiger partial charge in [0.2, 0.25) is 11.9 Å². The van der Waals surface area contributed by atoms with Crippen LogP contribution in [0.3, 0.4) is 0 Å². The second-order valence-corrected chi connectivity index (χ2v) is 11.3. The summed E-state index contributed by atoms with van der Waals surface area (Å²) in [5.41, 5.74) is 1.54. The lowest BCUT2D eigenvalue weighted by Gasteiger charge is -2.32. The molecule has 4 rings (SSSR count). The van der Waals surface area contributed by atoms with Crippen molar-refractivity contribution in [2.24, 2.45) is 0 Å². The molecule has 2 aromatic heterocycles. The number of anilines is 2. The molecular weight excluding hydrogens is 498 g/mol. The molecule has 0 saturated carbocycles. The molecule has 2 aromatic rings. The number of aromatic nitrogens is 4. The highest BCUT2D eigenvalue weighted by atomic mass is 16.6. The van der Waals surface area contributed by atoms with E-state index in [1.807, 2.05) is 36.0 Å². The van der Waals surface area contributed by atoms with Crippen molar-refractivity contribution in [3.8, 4) is 0 Å². The second kappa shape index (κ2) is 12.6. The van der Waals surface area contributed by atoms with E-state index in [4.69, 9.17) is 14.7 Å². The average Bonchev–Trinajstić information content (AvgIpc) is 3.51. The number of carbonyl (C=O) groups is 2. The molecule has 0 aliphatic carbocycles. The van der Waals surface area contributed by atoms with Crippen LogP contribution in [0.25, 0.3) is 11.2 Å². The number of likely N-dealkylation sites (N-methyl/N-ethyl adjacent to an activating group) is 1. The van der Waals surface area contributed by atoms with Crippen LogP contribution >= 0.6 is 0 Å². The number of likely N-dealkylation sites (tertiary alicyclic amines) is 2. The molecule has 0 aromatic carbocycles. The van der Waals surface area contributed by atoms with Crippen LogP contribution in [0.5, 0.6) is 0 Å². The standard InChI is InChI=1S/C27H43N9O3/c1-18(2)29-26-31-24(23-25(32-26)36(17-28-23)19(3)4)30-20-9-13-34(14-10-20)27(38)39-21-11-15-35(16-21)22(37)8-7-12-33(5)6/h7-8,17-21H,9-16H2,1-6H3,(H2,29,30,31,32)/b8-7+/t21-/m0/s1. The average molecular weight is 542 g/mol. The first-order valence-electron chi connectivity index (χ1n) is 13.9. The summed E-state index contributed by atoms with van der Waals surface area (Å²) in [5, 5.41) is 6.87. The van der Waals surface area contributed by atoms with E-state index in [-0.39, 0.29) is 36.2 Å². The number of carbonyl (C=O) groups excluding carboxylic acids is 2. The topological polar surface area (TPSA) is 121 Å². The number of fused-ring (bicyclic) bond motifs is 1. The highest BCUT2D eigenvalue weighted by Gasteiger charge is 2.31.